The zero-order valence-corrected chi connectivity index (χ0v) is 13.1. The number of carbonyl (C=O) groups excluding carboxylic acids is 2. The molecule has 1 aliphatic rings. The first-order chi connectivity index (χ1) is 11.6. The molecule has 3 rings (SSSR count). The summed E-state index contributed by atoms with van der Waals surface area (Å²) in [7, 11) is 0. The molecule has 0 aliphatic carbocycles. The van der Waals surface area contributed by atoms with Gasteiger partial charge in [0, 0.05) is 37.6 Å². The molecule has 0 saturated carbocycles. The monoisotopic (exact) mass is 327 g/mol. The first-order valence-electron chi connectivity index (χ1n) is 7.79. The van der Waals surface area contributed by atoms with Gasteiger partial charge in [0.05, 0.1) is 0 Å². The second kappa shape index (κ2) is 7.12. The zero-order valence-electron chi connectivity index (χ0n) is 13.1. The Balaban J connectivity index is 1.56. The highest BCUT2D eigenvalue weighted by Gasteiger charge is 2.26. The predicted octanol–water partition coefficient (Wildman–Crippen LogP) is 2.11. The molecule has 0 atom stereocenters. The number of nitrogens with one attached hydrogen (secondary N) is 1. The number of anilines is 2. The molecule has 0 unspecified atom stereocenters. The Labute approximate surface area is 139 Å². The van der Waals surface area contributed by atoms with Gasteiger partial charge < -0.3 is 15.1 Å². The van der Waals surface area contributed by atoms with Crippen molar-refractivity contribution in [2.24, 2.45) is 0 Å². The molecule has 1 N–H and O–H groups in total. The van der Waals surface area contributed by atoms with Crippen LogP contribution in [0.15, 0.2) is 54.6 Å². The highest BCUT2D eigenvalue weighted by molar-refractivity contribution is 6.39. The molecule has 0 radical (unpaired) electrons. The standard InChI is InChI=1S/C18H18FN3O2/c19-14-5-4-6-15(13-14)20-17(23)18(24)22-11-9-21(10-12-22)16-7-2-1-3-8-16/h1-8,13H,9-12H2,(H,20,23). The number of rotatable bonds is 2. The lowest BCUT2D eigenvalue weighted by atomic mass is 10.2. The molecule has 2 amide bonds. The van der Waals surface area contributed by atoms with Gasteiger partial charge >= 0.3 is 11.8 Å². The van der Waals surface area contributed by atoms with Gasteiger partial charge in [0.15, 0.2) is 0 Å². The Bertz CT molecular complexity index is 728. The van der Waals surface area contributed by atoms with E-state index in [9.17, 15) is 14.0 Å². The van der Waals surface area contributed by atoms with E-state index in [1.165, 1.54) is 23.1 Å². The molecule has 5 nitrogen and oxygen atoms in total. The van der Waals surface area contributed by atoms with Crippen LogP contribution in [0.3, 0.4) is 0 Å². The lowest BCUT2D eigenvalue weighted by molar-refractivity contribution is -0.143. The molecule has 24 heavy (non-hydrogen) atoms. The summed E-state index contributed by atoms with van der Waals surface area (Å²) in [6.45, 7) is 2.29. The van der Waals surface area contributed by atoms with Crippen LogP contribution in [0.25, 0.3) is 0 Å². The second-order valence-electron chi connectivity index (χ2n) is 5.58. The van der Waals surface area contributed by atoms with E-state index in [-0.39, 0.29) is 5.69 Å². The van der Waals surface area contributed by atoms with Crippen molar-refractivity contribution < 1.29 is 14.0 Å². The minimum atomic E-state index is -0.742. The minimum absolute atomic E-state index is 0.274. The summed E-state index contributed by atoms with van der Waals surface area (Å²) < 4.78 is 13.1. The molecule has 6 heteroatoms. The highest BCUT2D eigenvalue weighted by atomic mass is 19.1. The normalized spacial score (nSPS) is 14.4. The summed E-state index contributed by atoms with van der Waals surface area (Å²) in [4.78, 5) is 28.0. The number of hydrogen-bond donors (Lipinski definition) is 1. The topological polar surface area (TPSA) is 52.7 Å². The molecular formula is C18H18FN3O2. The molecule has 0 aromatic heterocycles. The maximum absolute atomic E-state index is 13.1. The zero-order chi connectivity index (χ0) is 16.9. The molecule has 2 aromatic carbocycles. The molecule has 1 heterocycles. The van der Waals surface area contributed by atoms with Gasteiger partial charge in [0.25, 0.3) is 0 Å². The van der Waals surface area contributed by atoms with Gasteiger partial charge in [-0.25, -0.2) is 4.39 Å². The van der Waals surface area contributed by atoms with Gasteiger partial charge in [-0.15, -0.1) is 0 Å². The smallest absolute Gasteiger partial charge is 0.313 e. The molecular weight excluding hydrogens is 309 g/mol. The average molecular weight is 327 g/mol. The average Bonchev–Trinajstić information content (AvgIpc) is 2.62. The Hall–Kier alpha value is -2.89. The number of carbonyl (C=O) groups is 2. The van der Waals surface area contributed by atoms with Crippen LogP contribution in [0.2, 0.25) is 0 Å². The van der Waals surface area contributed by atoms with Crippen LogP contribution in [0.5, 0.6) is 0 Å². The SMILES string of the molecule is O=C(Nc1cccc(F)c1)C(=O)N1CCN(c2ccccc2)CC1. The molecule has 1 fully saturated rings. The lowest BCUT2D eigenvalue weighted by Gasteiger charge is -2.35. The fraction of sp³-hybridized carbons (Fsp3) is 0.222. The van der Waals surface area contributed by atoms with E-state index in [0.29, 0.717) is 26.2 Å². The maximum Gasteiger partial charge on any atom is 0.313 e. The Morgan fingerprint density at radius 3 is 2.29 bits per heavy atom. The van der Waals surface area contributed by atoms with Crippen LogP contribution in [0.1, 0.15) is 0 Å². The minimum Gasteiger partial charge on any atom is -0.368 e. The molecule has 0 spiro atoms. The van der Waals surface area contributed by atoms with E-state index in [1.54, 1.807) is 6.07 Å². The number of hydrogen-bond acceptors (Lipinski definition) is 3. The third-order valence-corrected chi connectivity index (χ3v) is 3.96. The number of halogens is 1. The van der Waals surface area contributed by atoms with Gasteiger partial charge in [-0.05, 0) is 30.3 Å². The van der Waals surface area contributed by atoms with Gasteiger partial charge in [0.2, 0.25) is 0 Å². The van der Waals surface area contributed by atoms with E-state index in [4.69, 9.17) is 0 Å². The van der Waals surface area contributed by atoms with Crippen molar-refractivity contribution in [1.29, 1.82) is 0 Å². The van der Waals surface area contributed by atoms with Crippen molar-refractivity contribution >= 4 is 23.2 Å². The van der Waals surface area contributed by atoms with Crippen LogP contribution in [-0.4, -0.2) is 42.9 Å². The van der Waals surface area contributed by atoms with Crippen molar-refractivity contribution in [2.75, 3.05) is 36.4 Å². The van der Waals surface area contributed by atoms with Crippen LogP contribution < -0.4 is 10.2 Å². The third-order valence-electron chi connectivity index (χ3n) is 3.96. The van der Waals surface area contributed by atoms with Crippen molar-refractivity contribution in [2.45, 2.75) is 0 Å². The van der Waals surface area contributed by atoms with E-state index < -0.39 is 17.6 Å². The highest BCUT2D eigenvalue weighted by Crippen LogP contribution is 2.16. The van der Waals surface area contributed by atoms with Gasteiger partial charge in [-0.1, -0.05) is 24.3 Å². The van der Waals surface area contributed by atoms with Gasteiger partial charge in [-0.3, -0.25) is 9.59 Å². The lowest BCUT2D eigenvalue weighted by Crippen LogP contribution is -2.51. The first kappa shape index (κ1) is 16.0. The summed E-state index contributed by atoms with van der Waals surface area (Å²) in [6.07, 6.45) is 0. The van der Waals surface area contributed by atoms with Crippen molar-refractivity contribution in [3.63, 3.8) is 0 Å². The van der Waals surface area contributed by atoms with Crippen molar-refractivity contribution in [3.8, 4) is 0 Å². The molecule has 1 saturated heterocycles. The number of amides is 2. The van der Waals surface area contributed by atoms with E-state index >= 15 is 0 Å². The van der Waals surface area contributed by atoms with Crippen molar-refractivity contribution in [1.82, 2.24) is 4.90 Å². The van der Waals surface area contributed by atoms with Gasteiger partial charge in [-0.2, -0.15) is 0 Å². The Morgan fingerprint density at radius 1 is 0.917 bits per heavy atom. The number of para-hydroxylation sites is 1. The third kappa shape index (κ3) is 3.71. The summed E-state index contributed by atoms with van der Waals surface area (Å²) in [5.41, 5.74) is 1.38. The predicted molar refractivity (Wildman–Crippen MR) is 90.3 cm³/mol. The summed E-state index contributed by atoms with van der Waals surface area (Å²) in [5, 5.41) is 2.44. The van der Waals surface area contributed by atoms with E-state index in [0.717, 1.165) is 5.69 Å². The molecule has 2 aromatic rings. The quantitative estimate of drug-likeness (QED) is 0.860. The summed E-state index contributed by atoms with van der Waals surface area (Å²) in [5.74, 6) is -1.79. The molecule has 124 valence electrons. The maximum atomic E-state index is 13.1. The molecule has 1 aliphatic heterocycles. The molecule has 0 bridgehead atoms. The van der Waals surface area contributed by atoms with Crippen LogP contribution in [0.4, 0.5) is 15.8 Å². The van der Waals surface area contributed by atoms with Crippen LogP contribution >= 0.6 is 0 Å². The number of piperazine rings is 1. The fourth-order valence-corrected chi connectivity index (χ4v) is 2.70. The van der Waals surface area contributed by atoms with Gasteiger partial charge in [0.1, 0.15) is 5.82 Å². The largest absolute Gasteiger partial charge is 0.368 e. The Kier molecular flexibility index (Phi) is 4.74. The van der Waals surface area contributed by atoms with E-state index in [1.807, 2.05) is 30.3 Å². The first-order valence-corrected chi connectivity index (χ1v) is 7.79. The summed E-state index contributed by atoms with van der Waals surface area (Å²) in [6, 6.07) is 15.4. The van der Waals surface area contributed by atoms with E-state index in [2.05, 4.69) is 10.2 Å². The number of benzene rings is 2. The van der Waals surface area contributed by atoms with Crippen LogP contribution in [-0.2, 0) is 9.59 Å². The Morgan fingerprint density at radius 2 is 1.62 bits per heavy atom. The van der Waals surface area contributed by atoms with Crippen LogP contribution in [0, 0.1) is 5.82 Å². The van der Waals surface area contributed by atoms with Crippen molar-refractivity contribution in [3.05, 3.63) is 60.4 Å². The fourth-order valence-electron chi connectivity index (χ4n) is 2.70. The summed E-state index contributed by atoms with van der Waals surface area (Å²) >= 11 is 0. The number of nitrogens with zero attached hydrogens (tertiary/aromatic N) is 2. The second-order valence-corrected chi connectivity index (χ2v) is 5.58.